The Bertz CT molecular complexity index is 314. The van der Waals surface area contributed by atoms with Gasteiger partial charge in [-0.15, -0.1) is 0 Å². The highest BCUT2D eigenvalue weighted by atomic mass is 16.5. The van der Waals surface area contributed by atoms with Crippen molar-refractivity contribution < 1.29 is 9.53 Å². The van der Waals surface area contributed by atoms with E-state index in [1.165, 1.54) is 6.42 Å². The number of nitrogens with one attached hydrogen (secondary N) is 1. The van der Waals surface area contributed by atoms with E-state index in [1.807, 2.05) is 0 Å². The maximum Gasteiger partial charge on any atom is 0.221 e. The van der Waals surface area contributed by atoms with Gasteiger partial charge in [-0.05, 0) is 39.8 Å². The minimum atomic E-state index is 0.186. The summed E-state index contributed by atoms with van der Waals surface area (Å²) in [5, 5.41) is 3.08. The molecule has 0 spiro atoms. The summed E-state index contributed by atoms with van der Waals surface area (Å²) in [6, 6.07) is 0. The number of rotatable bonds is 5. The Kier molecular flexibility index (Phi) is 5.81. The summed E-state index contributed by atoms with van der Waals surface area (Å²) in [6.07, 6.45) is 2.35. The van der Waals surface area contributed by atoms with Crippen molar-refractivity contribution in [3.05, 3.63) is 0 Å². The van der Waals surface area contributed by atoms with Gasteiger partial charge in [-0.2, -0.15) is 0 Å². The molecule has 3 atom stereocenters. The summed E-state index contributed by atoms with van der Waals surface area (Å²) in [7, 11) is 2.14. The molecule has 0 saturated carbocycles. The van der Waals surface area contributed by atoms with Crippen LogP contribution in [0, 0.1) is 5.92 Å². The fourth-order valence-corrected chi connectivity index (χ4v) is 3.27. The Hall–Kier alpha value is -0.650. The van der Waals surface area contributed by atoms with E-state index >= 15 is 0 Å². The van der Waals surface area contributed by atoms with Crippen LogP contribution in [0.25, 0.3) is 0 Å². The lowest BCUT2D eigenvalue weighted by Gasteiger charge is -2.35. The number of ether oxygens (including phenoxy) is 1. The molecule has 20 heavy (non-hydrogen) atoms. The number of carbonyl (C=O) groups is 1. The fourth-order valence-electron chi connectivity index (χ4n) is 3.27. The van der Waals surface area contributed by atoms with Crippen LogP contribution in [0.2, 0.25) is 0 Å². The normalized spacial score (nSPS) is 32.5. The lowest BCUT2D eigenvalue weighted by molar-refractivity contribution is -0.122. The molecule has 0 aliphatic carbocycles. The summed E-state index contributed by atoms with van der Waals surface area (Å²) in [5.41, 5.74) is 0. The Morgan fingerprint density at radius 2 is 1.95 bits per heavy atom. The first kappa shape index (κ1) is 15.7. The molecule has 2 heterocycles. The zero-order valence-electron chi connectivity index (χ0n) is 13.1. The molecule has 0 radical (unpaired) electrons. The summed E-state index contributed by atoms with van der Waals surface area (Å²) < 4.78 is 5.70. The van der Waals surface area contributed by atoms with Gasteiger partial charge in [-0.1, -0.05) is 0 Å². The van der Waals surface area contributed by atoms with E-state index in [9.17, 15) is 4.79 Å². The van der Waals surface area contributed by atoms with Crippen LogP contribution in [-0.4, -0.2) is 74.2 Å². The molecular formula is C15H29N3O2. The molecule has 1 amide bonds. The third kappa shape index (κ3) is 5.04. The van der Waals surface area contributed by atoms with E-state index in [-0.39, 0.29) is 18.1 Å². The SMILES string of the molecule is C[C@@H]1CN(CCC(=O)NCC2CCN(C)C2)C[C@H](C)O1. The first-order chi connectivity index (χ1) is 9.52. The fraction of sp³-hybridized carbons (Fsp3) is 0.933. The van der Waals surface area contributed by atoms with E-state index in [0.29, 0.717) is 12.3 Å². The zero-order valence-corrected chi connectivity index (χ0v) is 13.1. The molecule has 0 bridgehead atoms. The number of amides is 1. The molecule has 0 aromatic rings. The smallest absolute Gasteiger partial charge is 0.221 e. The molecule has 2 aliphatic rings. The lowest BCUT2D eigenvalue weighted by atomic mass is 10.1. The van der Waals surface area contributed by atoms with Crippen LogP contribution in [0.3, 0.4) is 0 Å². The van der Waals surface area contributed by atoms with Gasteiger partial charge in [0, 0.05) is 39.1 Å². The second kappa shape index (κ2) is 7.38. The molecule has 2 aliphatic heterocycles. The number of hydrogen-bond donors (Lipinski definition) is 1. The third-order valence-electron chi connectivity index (χ3n) is 4.23. The van der Waals surface area contributed by atoms with Crippen molar-refractivity contribution in [1.82, 2.24) is 15.1 Å². The number of hydrogen-bond acceptors (Lipinski definition) is 4. The van der Waals surface area contributed by atoms with E-state index in [4.69, 9.17) is 4.74 Å². The first-order valence-electron chi connectivity index (χ1n) is 7.86. The highest BCUT2D eigenvalue weighted by Gasteiger charge is 2.23. The van der Waals surface area contributed by atoms with Crippen molar-refractivity contribution in [2.45, 2.75) is 38.9 Å². The topological polar surface area (TPSA) is 44.8 Å². The summed E-state index contributed by atoms with van der Waals surface area (Å²) in [6.45, 7) is 10.0. The van der Waals surface area contributed by atoms with Gasteiger partial charge >= 0.3 is 0 Å². The largest absolute Gasteiger partial charge is 0.373 e. The molecule has 116 valence electrons. The number of carbonyl (C=O) groups excluding carboxylic acids is 1. The molecule has 5 heteroatoms. The van der Waals surface area contributed by atoms with Crippen molar-refractivity contribution in [3.63, 3.8) is 0 Å². The van der Waals surface area contributed by atoms with Crippen LogP contribution in [-0.2, 0) is 9.53 Å². The molecule has 5 nitrogen and oxygen atoms in total. The van der Waals surface area contributed by atoms with Crippen LogP contribution in [0.1, 0.15) is 26.7 Å². The van der Waals surface area contributed by atoms with Gasteiger partial charge in [0.2, 0.25) is 5.91 Å². The molecule has 1 N–H and O–H groups in total. The van der Waals surface area contributed by atoms with E-state index in [0.717, 1.165) is 39.3 Å². The predicted molar refractivity (Wildman–Crippen MR) is 79.7 cm³/mol. The minimum Gasteiger partial charge on any atom is -0.373 e. The van der Waals surface area contributed by atoms with Crippen LogP contribution >= 0.6 is 0 Å². The van der Waals surface area contributed by atoms with Gasteiger partial charge in [0.05, 0.1) is 12.2 Å². The quantitative estimate of drug-likeness (QED) is 0.800. The van der Waals surface area contributed by atoms with E-state index < -0.39 is 0 Å². The van der Waals surface area contributed by atoms with Crippen LogP contribution in [0.15, 0.2) is 0 Å². The highest BCUT2D eigenvalue weighted by molar-refractivity contribution is 5.76. The Labute approximate surface area is 122 Å². The maximum atomic E-state index is 11.9. The lowest BCUT2D eigenvalue weighted by Crippen LogP contribution is -2.46. The number of likely N-dealkylation sites (tertiary alicyclic amines) is 1. The zero-order chi connectivity index (χ0) is 14.5. The number of nitrogens with zero attached hydrogens (tertiary/aromatic N) is 2. The van der Waals surface area contributed by atoms with Crippen LogP contribution in [0.5, 0.6) is 0 Å². The van der Waals surface area contributed by atoms with Crippen molar-refractivity contribution in [3.8, 4) is 0 Å². The Morgan fingerprint density at radius 3 is 2.55 bits per heavy atom. The first-order valence-corrected chi connectivity index (χ1v) is 7.86. The van der Waals surface area contributed by atoms with Gasteiger partial charge in [0.25, 0.3) is 0 Å². The van der Waals surface area contributed by atoms with Crippen LogP contribution < -0.4 is 5.32 Å². The number of morpholine rings is 1. The van der Waals surface area contributed by atoms with E-state index in [2.05, 4.69) is 36.0 Å². The Balaban J connectivity index is 1.60. The molecule has 0 aromatic heterocycles. The predicted octanol–water partition coefficient (Wildman–Crippen LogP) is 0.554. The molecule has 2 saturated heterocycles. The van der Waals surface area contributed by atoms with Gasteiger partial charge in [0.1, 0.15) is 0 Å². The summed E-state index contributed by atoms with van der Waals surface area (Å²) in [4.78, 5) is 16.6. The standard InChI is InChI=1S/C15H29N3O2/c1-12-9-18(10-13(2)20-12)7-5-15(19)16-8-14-4-6-17(3)11-14/h12-14H,4-11H2,1-3H3,(H,16,19)/t12-,13+,14?. The van der Waals surface area contributed by atoms with Gasteiger partial charge in [-0.3, -0.25) is 9.69 Å². The van der Waals surface area contributed by atoms with Gasteiger partial charge in [-0.25, -0.2) is 0 Å². The van der Waals surface area contributed by atoms with Crippen LogP contribution in [0.4, 0.5) is 0 Å². The second-order valence-corrected chi connectivity index (χ2v) is 6.49. The second-order valence-electron chi connectivity index (χ2n) is 6.49. The molecule has 1 unspecified atom stereocenters. The minimum absolute atomic E-state index is 0.186. The monoisotopic (exact) mass is 283 g/mol. The van der Waals surface area contributed by atoms with Crippen molar-refractivity contribution >= 4 is 5.91 Å². The Morgan fingerprint density at radius 1 is 1.25 bits per heavy atom. The third-order valence-corrected chi connectivity index (χ3v) is 4.23. The molecular weight excluding hydrogens is 254 g/mol. The van der Waals surface area contributed by atoms with E-state index in [1.54, 1.807) is 0 Å². The molecule has 2 rings (SSSR count). The summed E-state index contributed by atoms with van der Waals surface area (Å²) >= 11 is 0. The van der Waals surface area contributed by atoms with Crippen molar-refractivity contribution in [2.75, 3.05) is 46.3 Å². The average molecular weight is 283 g/mol. The summed E-state index contributed by atoms with van der Waals surface area (Å²) in [5.74, 6) is 0.818. The average Bonchev–Trinajstić information content (AvgIpc) is 2.79. The van der Waals surface area contributed by atoms with Gasteiger partial charge in [0.15, 0.2) is 0 Å². The highest BCUT2D eigenvalue weighted by Crippen LogP contribution is 2.13. The van der Waals surface area contributed by atoms with Gasteiger partial charge < -0.3 is 15.0 Å². The maximum absolute atomic E-state index is 11.9. The molecule has 2 fully saturated rings. The van der Waals surface area contributed by atoms with Crippen molar-refractivity contribution in [2.24, 2.45) is 5.92 Å². The molecule has 0 aromatic carbocycles. The van der Waals surface area contributed by atoms with Crippen molar-refractivity contribution in [1.29, 1.82) is 0 Å².